The van der Waals surface area contributed by atoms with Gasteiger partial charge in [-0.2, -0.15) is 0 Å². The number of sulfone groups is 1. The van der Waals surface area contributed by atoms with E-state index < -0.39 is 9.84 Å². The van der Waals surface area contributed by atoms with Gasteiger partial charge in [-0.25, -0.2) is 13.4 Å². The van der Waals surface area contributed by atoms with Gasteiger partial charge in [-0.05, 0) is 47.1 Å². The molecule has 120 valence electrons. The fourth-order valence-electron chi connectivity index (χ4n) is 2.79. The summed E-state index contributed by atoms with van der Waals surface area (Å²) < 4.78 is 27.0. The molecule has 2 aromatic carbocycles. The molecule has 0 spiro atoms. The van der Waals surface area contributed by atoms with Crippen molar-refractivity contribution in [1.29, 1.82) is 0 Å². The molecule has 5 nitrogen and oxygen atoms in total. The zero-order valence-corrected chi connectivity index (χ0v) is 15.0. The van der Waals surface area contributed by atoms with Crippen molar-refractivity contribution in [2.75, 3.05) is 0 Å². The standard InChI is InChI=1S/C17H12BrN3O2S/c1-10-20-14-7-13(18)17(8-15(14)21-10)24(22,23)16-4-2-3-11-9-19-6-5-12(11)16/h2-9H,1H3,(H,20,21). The first-order valence-electron chi connectivity index (χ1n) is 7.20. The highest BCUT2D eigenvalue weighted by Crippen LogP contribution is 2.34. The van der Waals surface area contributed by atoms with Crippen molar-refractivity contribution in [2.24, 2.45) is 0 Å². The maximum atomic E-state index is 13.2. The van der Waals surface area contributed by atoms with Crippen LogP contribution in [0.15, 0.2) is 63.1 Å². The SMILES string of the molecule is Cc1nc2cc(Br)c(S(=O)(=O)c3cccc4cnccc34)cc2[nH]1. The molecule has 2 heterocycles. The first kappa shape index (κ1) is 15.3. The number of nitrogens with one attached hydrogen (secondary N) is 1. The second-order valence-corrected chi connectivity index (χ2v) is 8.22. The van der Waals surface area contributed by atoms with Gasteiger partial charge < -0.3 is 4.98 Å². The molecule has 1 N–H and O–H groups in total. The fourth-order valence-corrected chi connectivity index (χ4v) is 5.32. The van der Waals surface area contributed by atoms with E-state index in [9.17, 15) is 8.42 Å². The van der Waals surface area contributed by atoms with Crippen LogP contribution in [0.1, 0.15) is 5.82 Å². The highest BCUT2D eigenvalue weighted by Gasteiger charge is 2.24. The van der Waals surface area contributed by atoms with Crippen LogP contribution in [0.25, 0.3) is 21.8 Å². The third kappa shape index (κ3) is 2.32. The third-order valence-corrected chi connectivity index (χ3v) is 6.64. The largest absolute Gasteiger partial charge is 0.342 e. The number of aryl methyl sites for hydroxylation is 1. The summed E-state index contributed by atoms with van der Waals surface area (Å²) in [6, 6.07) is 10.2. The Labute approximate surface area is 146 Å². The summed E-state index contributed by atoms with van der Waals surface area (Å²) in [7, 11) is -3.70. The molecular weight excluding hydrogens is 390 g/mol. The van der Waals surface area contributed by atoms with Crippen LogP contribution >= 0.6 is 15.9 Å². The van der Waals surface area contributed by atoms with Crippen molar-refractivity contribution in [3.05, 3.63) is 59.1 Å². The molecule has 0 bridgehead atoms. The second kappa shape index (κ2) is 5.39. The predicted octanol–water partition coefficient (Wildman–Crippen LogP) is 4.01. The summed E-state index contributed by atoms with van der Waals surface area (Å²) in [5.74, 6) is 0.739. The Kier molecular flexibility index (Phi) is 3.43. The summed E-state index contributed by atoms with van der Waals surface area (Å²) in [6.45, 7) is 1.83. The summed E-state index contributed by atoms with van der Waals surface area (Å²) in [4.78, 5) is 11.9. The Hall–Kier alpha value is -2.25. The number of H-pyrrole nitrogens is 1. The van der Waals surface area contributed by atoms with Crippen molar-refractivity contribution in [3.8, 4) is 0 Å². The fraction of sp³-hybridized carbons (Fsp3) is 0.0588. The first-order chi connectivity index (χ1) is 11.5. The number of nitrogens with zero attached hydrogens (tertiary/aromatic N) is 2. The number of imidazole rings is 1. The Balaban J connectivity index is 2.02. The van der Waals surface area contributed by atoms with Crippen LogP contribution in [0.4, 0.5) is 0 Å². The number of aromatic nitrogens is 3. The highest BCUT2D eigenvalue weighted by molar-refractivity contribution is 9.10. The average molecular weight is 402 g/mol. The van der Waals surface area contributed by atoms with Crippen LogP contribution in [0.5, 0.6) is 0 Å². The van der Waals surface area contributed by atoms with Gasteiger partial charge >= 0.3 is 0 Å². The van der Waals surface area contributed by atoms with Gasteiger partial charge in [0.2, 0.25) is 9.84 Å². The molecule has 0 aliphatic heterocycles. The highest BCUT2D eigenvalue weighted by atomic mass is 79.9. The number of fused-ring (bicyclic) bond motifs is 2. The zero-order chi connectivity index (χ0) is 16.9. The number of aromatic amines is 1. The number of halogens is 1. The minimum Gasteiger partial charge on any atom is -0.342 e. The quantitative estimate of drug-likeness (QED) is 0.550. The van der Waals surface area contributed by atoms with Crippen LogP contribution in [0.3, 0.4) is 0 Å². The monoisotopic (exact) mass is 401 g/mol. The van der Waals surface area contributed by atoms with E-state index in [0.29, 0.717) is 15.4 Å². The van der Waals surface area contributed by atoms with E-state index in [1.54, 1.807) is 42.7 Å². The number of hydrogen-bond acceptors (Lipinski definition) is 4. The lowest BCUT2D eigenvalue weighted by atomic mass is 10.2. The molecule has 4 aromatic rings. The maximum Gasteiger partial charge on any atom is 0.208 e. The molecule has 0 aliphatic rings. The second-order valence-electron chi connectivity index (χ2n) is 5.48. The Morgan fingerprint density at radius 3 is 2.79 bits per heavy atom. The molecule has 0 unspecified atom stereocenters. The minimum atomic E-state index is -3.70. The van der Waals surface area contributed by atoms with Gasteiger partial charge in [0.25, 0.3) is 0 Å². The number of pyridine rings is 1. The van der Waals surface area contributed by atoms with Crippen molar-refractivity contribution in [3.63, 3.8) is 0 Å². The molecule has 0 amide bonds. The normalized spacial score (nSPS) is 12.1. The van der Waals surface area contributed by atoms with Crippen LogP contribution in [-0.4, -0.2) is 23.4 Å². The zero-order valence-electron chi connectivity index (χ0n) is 12.6. The number of benzene rings is 2. The van der Waals surface area contributed by atoms with Crippen LogP contribution in [0.2, 0.25) is 0 Å². The molecule has 0 radical (unpaired) electrons. The van der Waals surface area contributed by atoms with Crippen LogP contribution < -0.4 is 0 Å². The Morgan fingerprint density at radius 2 is 1.96 bits per heavy atom. The Bertz CT molecular complexity index is 1190. The molecule has 4 rings (SSSR count). The van der Waals surface area contributed by atoms with E-state index in [0.717, 1.165) is 16.7 Å². The van der Waals surface area contributed by atoms with Crippen molar-refractivity contribution in [2.45, 2.75) is 16.7 Å². The third-order valence-electron chi connectivity index (χ3n) is 3.87. The topological polar surface area (TPSA) is 75.7 Å². The lowest BCUT2D eigenvalue weighted by molar-refractivity contribution is 0.596. The average Bonchev–Trinajstić information content (AvgIpc) is 2.92. The molecule has 0 fully saturated rings. The molecule has 7 heteroatoms. The van der Waals surface area contributed by atoms with Gasteiger partial charge in [0.05, 0.1) is 20.8 Å². The van der Waals surface area contributed by atoms with E-state index in [1.165, 1.54) is 0 Å². The minimum absolute atomic E-state index is 0.211. The Morgan fingerprint density at radius 1 is 1.12 bits per heavy atom. The van der Waals surface area contributed by atoms with Crippen LogP contribution in [-0.2, 0) is 9.84 Å². The van der Waals surface area contributed by atoms with Crippen molar-refractivity contribution >= 4 is 47.6 Å². The van der Waals surface area contributed by atoms with E-state index in [4.69, 9.17) is 0 Å². The van der Waals surface area contributed by atoms with Crippen LogP contribution in [0, 0.1) is 6.92 Å². The summed E-state index contributed by atoms with van der Waals surface area (Å²) >= 11 is 3.38. The lowest BCUT2D eigenvalue weighted by Gasteiger charge is -2.10. The van der Waals surface area contributed by atoms with Gasteiger partial charge in [-0.3, -0.25) is 4.98 Å². The molecular formula is C17H12BrN3O2S. The molecule has 0 saturated carbocycles. The van der Waals surface area contributed by atoms with E-state index in [1.807, 2.05) is 13.0 Å². The smallest absolute Gasteiger partial charge is 0.208 e. The predicted molar refractivity (Wildman–Crippen MR) is 95.7 cm³/mol. The molecule has 0 atom stereocenters. The molecule has 0 saturated heterocycles. The number of rotatable bonds is 2. The maximum absolute atomic E-state index is 13.2. The summed E-state index contributed by atoms with van der Waals surface area (Å²) in [5, 5.41) is 1.44. The van der Waals surface area contributed by atoms with E-state index >= 15 is 0 Å². The number of hydrogen-bond donors (Lipinski definition) is 1. The van der Waals surface area contributed by atoms with Crippen molar-refractivity contribution in [1.82, 2.24) is 15.0 Å². The molecule has 0 aliphatic carbocycles. The van der Waals surface area contributed by atoms with Gasteiger partial charge in [-0.15, -0.1) is 0 Å². The first-order valence-corrected chi connectivity index (χ1v) is 9.48. The molecule has 2 aromatic heterocycles. The van der Waals surface area contributed by atoms with E-state index in [2.05, 4.69) is 30.9 Å². The summed E-state index contributed by atoms with van der Waals surface area (Å²) in [5.41, 5.74) is 1.41. The van der Waals surface area contributed by atoms with Gasteiger partial charge in [0.15, 0.2) is 0 Å². The summed E-state index contributed by atoms with van der Waals surface area (Å²) in [6.07, 6.45) is 3.25. The van der Waals surface area contributed by atoms with Gasteiger partial charge in [-0.1, -0.05) is 12.1 Å². The molecule has 24 heavy (non-hydrogen) atoms. The van der Waals surface area contributed by atoms with Gasteiger partial charge in [0.1, 0.15) is 5.82 Å². The lowest BCUT2D eigenvalue weighted by Crippen LogP contribution is -2.04. The van der Waals surface area contributed by atoms with Crippen molar-refractivity contribution < 1.29 is 8.42 Å². The van der Waals surface area contributed by atoms with Gasteiger partial charge in [0, 0.05) is 27.6 Å². The van der Waals surface area contributed by atoms with E-state index in [-0.39, 0.29) is 9.79 Å².